The first-order chi connectivity index (χ1) is 7.67. The molecule has 0 aromatic carbocycles. The first-order valence-electron chi connectivity index (χ1n) is 6.09. The van der Waals surface area contributed by atoms with E-state index >= 15 is 0 Å². The number of rotatable bonds is 6. The Morgan fingerprint density at radius 3 is 2.94 bits per heavy atom. The van der Waals surface area contributed by atoms with Gasteiger partial charge in [-0.3, -0.25) is 9.69 Å². The molecule has 0 bridgehead atoms. The minimum atomic E-state index is -0.203. The Kier molecular flexibility index (Phi) is 5.77. The highest BCUT2D eigenvalue weighted by Crippen LogP contribution is 2.17. The fourth-order valence-corrected chi connectivity index (χ4v) is 2.15. The number of hydrogen-bond donors (Lipinski definition) is 0. The van der Waals surface area contributed by atoms with E-state index in [9.17, 15) is 4.79 Å². The van der Waals surface area contributed by atoms with E-state index in [2.05, 4.69) is 16.6 Å². The van der Waals surface area contributed by atoms with Crippen LogP contribution in [0, 0.1) is 0 Å². The highest BCUT2D eigenvalue weighted by Gasteiger charge is 2.23. The quantitative estimate of drug-likeness (QED) is 0.646. The van der Waals surface area contributed by atoms with Gasteiger partial charge in [0.25, 0.3) is 0 Å². The molecule has 0 radical (unpaired) electrons. The molecule has 0 saturated carbocycles. The van der Waals surface area contributed by atoms with Crippen LogP contribution in [-0.4, -0.2) is 49.8 Å². The lowest BCUT2D eigenvalue weighted by molar-refractivity contribution is -0.143. The molecule has 1 saturated heterocycles. The second-order valence-electron chi connectivity index (χ2n) is 4.35. The standard InChI is InChI=1S/C12H23NO3/c1-4-13-7-5-6-11(13)9-16-10(2)8-12(14)15-3/h10-11H,4-9H2,1-3H3/t10?,11-/m0/s1. The summed E-state index contributed by atoms with van der Waals surface area (Å²) in [6.45, 7) is 7.08. The number of likely N-dealkylation sites (N-methyl/N-ethyl adjacent to an activating group) is 1. The maximum atomic E-state index is 11.0. The molecular weight excluding hydrogens is 206 g/mol. The van der Waals surface area contributed by atoms with Crippen molar-refractivity contribution in [3.63, 3.8) is 0 Å². The van der Waals surface area contributed by atoms with Crippen LogP contribution in [0.2, 0.25) is 0 Å². The van der Waals surface area contributed by atoms with Gasteiger partial charge in [-0.05, 0) is 32.9 Å². The number of nitrogens with zero attached hydrogens (tertiary/aromatic N) is 1. The van der Waals surface area contributed by atoms with Gasteiger partial charge in [0.05, 0.1) is 26.2 Å². The first kappa shape index (κ1) is 13.5. The topological polar surface area (TPSA) is 38.8 Å². The van der Waals surface area contributed by atoms with E-state index in [1.165, 1.54) is 26.5 Å². The summed E-state index contributed by atoms with van der Waals surface area (Å²) in [5, 5.41) is 0. The molecule has 1 aliphatic rings. The smallest absolute Gasteiger partial charge is 0.308 e. The van der Waals surface area contributed by atoms with Crippen molar-refractivity contribution in [2.45, 2.75) is 45.3 Å². The van der Waals surface area contributed by atoms with Gasteiger partial charge in [0.2, 0.25) is 0 Å². The molecule has 1 heterocycles. The van der Waals surface area contributed by atoms with E-state index in [4.69, 9.17) is 4.74 Å². The predicted molar refractivity (Wildman–Crippen MR) is 62.3 cm³/mol. The molecule has 2 atom stereocenters. The van der Waals surface area contributed by atoms with E-state index < -0.39 is 0 Å². The lowest BCUT2D eigenvalue weighted by Gasteiger charge is -2.24. The molecule has 0 aliphatic carbocycles. The summed E-state index contributed by atoms with van der Waals surface area (Å²) in [4.78, 5) is 13.5. The third kappa shape index (κ3) is 4.10. The van der Waals surface area contributed by atoms with E-state index in [0.717, 1.165) is 13.2 Å². The summed E-state index contributed by atoms with van der Waals surface area (Å²) in [5.41, 5.74) is 0. The van der Waals surface area contributed by atoms with Crippen molar-refractivity contribution in [2.24, 2.45) is 0 Å². The van der Waals surface area contributed by atoms with Gasteiger partial charge in [0.15, 0.2) is 0 Å². The Hall–Kier alpha value is -0.610. The van der Waals surface area contributed by atoms with Crippen LogP contribution in [0.5, 0.6) is 0 Å². The van der Waals surface area contributed by atoms with Gasteiger partial charge < -0.3 is 9.47 Å². The van der Waals surface area contributed by atoms with Gasteiger partial charge in [-0.1, -0.05) is 6.92 Å². The second kappa shape index (κ2) is 6.86. The monoisotopic (exact) mass is 229 g/mol. The average molecular weight is 229 g/mol. The Bertz CT molecular complexity index is 220. The van der Waals surface area contributed by atoms with Gasteiger partial charge in [-0.2, -0.15) is 0 Å². The van der Waals surface area contributed by atoms with Crippen LogP contribution in [0.15, 0.2) is 0 Å². The lowest BCUT2D eigenvalue weighted by atomic mass is 10.2. The first-order valence-corrected chi connectivity index (χ1v) is 6.09. The largest absolute Gasteiger partial charge is 0.469 e. The summed E-state index contributed by atoms with van der Waals surface area (Å²) in [6, 6.07) is 0.532. The molecule has 1 fully saturated rings. The van der Waals surface area contributed by atoms with Crippen molar-refractivity contribution in [2.75, 3.05) is 26.8 Å². The summed E-state index contributed by atoms with van der Waals surface area (Å²) in [7, 11) is 1.41. The highest BCUT2D eigenvalue weighted by atomic mass is 16.5. The van der Waals surface area contributed by atoms with E-state index in [-0.39, 0.29) is 12.1 Å². The van der Waals surface area contributed by atoms with Crippen molar-refractivity contribution in [3.8, 4) is 0 Å². The zero-order valence-corrected chi connectivity index (χ0v) is 10.6. The summed E-state index contributed by atoms with van der Waals surface area (Å²) < 4.78 is 10.3. The van der Waals surface area contributed by atoms with Crippen LogP contribution in [0.1, 0.15) is 33.1 Å². The molecule has 0 aromatic rings. The Labute approximate surface area is 97.9 Å². The van der Waals surface area contributed by atoms with Gasteiger partial charge >= 0.3 is 5.97 Å². The minimum Gasteiger partial charge on any atom is -0.469 e. The molecule has 1 aliphatic heterocycles. The SMILES string of the molecule is CCN1CCC[C@H]1COC(C)CC(=O)OC. The average Bonchev–Trinajstić information content (AvgIpc) is 2.73. The second-order valence-corrected chi connectivity index (χ2v) is 4.35. The van der Waals surface area contributed by atoms with Crippen LogP contribution in [-0.2, 0) is 14.3 Å². The van der Waals surface area contributed by atoms with Crippen LogP contribution in [0.3, 0.4) is 0 Å². The molecule has 16 heavy (non-hydrogen) atoms. The van der Waals surface area contributed by atoms with Crippen LogP contribution < -0.4 is 0 Å². The number of hydrogen-bond acceptors (Lipinski definition) is 4. The third-order valence-corrected chi connectivity index (χ3v) is 3.16. The molecule has 94 valence electrons. The number of ether oxygens (including phenoxy) is 2. The zero-order chi connectivity index (χ0) is 12.0. The summed E-state index contributed by atoms with van der Waals surface area (Å²) >= 11 is 0. The van der Waals surface area contributed by atoms with Gasteiger partial charge in [0, 0.05) is 6.04 Å². The van der Waals surface area contributed by atoms with Gasteiger partial charge in [-0.25, -0.2) is 0 Å². The Morgan fingerprint density at radius 1 is 1.56 bits per heavy atom. The number of likely N-dealkylation sites (tertiary alicyclic amines) is 1. The third-order valence-electron chi connectivity index (χ3n) is 3.16. The van der Waals surface area contributed by atoms with E-state index in [0.29, 0.717) is 12.5 Å². The van der Waals surface area contributed by atoms with E-state index in [1.807, 2.05) is 6.92 Å². The zero-order valence-electron chi connectivity index (χ0n) is 10.6. The van der Waals surface area contributed by atoms with E-state index in [1.54, 1.807) is 0 Å². The summed E-state index contributed by atoms with van der Waals surface area (Å²) in [6.07, 6.45) is 2.76. The molecule has 1 unspecified atom stereocenters. The van der Waals surface area contributed by atoms with Crippen LogP contribution >= 0.6 is 0 Å². The number of esters is 1. The minimum absolute atomic E-state index is 0.0493. The van der Waals surface area contributed by atoms with Crippen LogP contribution in [0.4, 0.5) is 0 Å². The normalized spacial score (nSPS) is 23.3. The molecule has 0 amide bonds. The summed E-state index contributed by atoms with van der Waals surface area (Å²) in [5.74, 6) is -0.203. The fourth-order valence-electron chi connectivity index (χ4n) is 2.15. The number of carbonyl (C=O) groups excluding carboxylic acids is 1. The Morgan fingerprint density at radius 2 is 2.31 bits per heavy atom. The molecule has 4 heteroatoms. The van der Waals surface area contributed by atoms with Crippen molar-refractivity contribution < 1.29 is 14.3 Å². The molecule has 0 spiro atoms. The fraction of sp³-hybridized carbons (Fsp3) is 0.917. The maximum Gasteiger partial charge on any atom is 0.308 e. The highest BCUT2D eigenvalue weighted by molar-refractivity contribution is 5.69. The number of carbonyl (C=O) groups is 1. The van der Waals surface area contributed by atoms with Crippen molar-refractivity contribution >= 4 is 5.97 Å². The molecular formula is C12H23NO3. The van der Waals surface area contributed by atoms with Gasteiger partial charge in [0.1, 0.15) is 0 Å². The molecule has 1 rings (SSSR count). The van der Waals surface area contributed by atoms with Crippen molar-refractivity contribution in [3.05, 3.63) is 0 Å². The molecule has 4 nitrogen and oxygen atoms in total. The molecule has 0 N–H and O–H groups in total. The molecule has 0 aromatic heterocycles. The van der Waals surface area contributed by atoms with Gasteiger partial charge in [-0.15, -0.1) is 0 Å². The predicted octanol–water partition coefficient (Wildman–Crippen LogP) is 1.44. The van der Waals surface area contributed by atoms with Crippen molar-refractivity contribution in [1.82, 2.24) is 4.90 Å². The Balaban J connectivity index is 2.20. The lowest BCUT2D eigenvalue weighted by Crippen LogP contribution is -2.34. The van der Waals surface area contributed by atoms with Crippen molar-refractivity contribution in [1.29, 1.82) is 0 Å². The maximum absolute atomic E-state index is 11.0. The van der Waals surface area contributed by atoms with Crippen LogP contribution in [0.25, 0.3) is 0 Å². The number of methoxy groups -OCH3 is 1.